The van der Waals surface area contributed by atoms with Crippen molar-refractivity contribution in [3.63, 3.8) is 0 Å². The van der Waals surface area contributed by atoms with Crippen LogP contribution in [0.3, 0.4) is 0 Å². The maximum absolute atomic E-state index is 8.62. The number of hydrogen-bond donors (Lipinski definition) is 1. The summed E-state index contributed by atoms with van der Waals surface area (Å²) >= 11 is 11.3. The fourth-order valence-electron chi connectivity index (χ4n) is 1.70. The van der Waals surface area contributed by atoms with Gasteiger partial charge in [0, 0.05) is 30.2 Å². The normalized spacial score (nSPS) is 20.9. The summed E-state index contributed by atoms with van der Waals surface area (Å²) in [5, 5.41) is 9.30. The van der Waals surface area contributed by atoms with Crippen molar-refractivity contribution < 1.29 is 9.84 Å². The van der Waals surface area contributed by atoms with E-state index in [1.54, 1.807) is 0 Å². The first-order valence-corrected chi connectivity index (χ1v) is 5.97. The lowest BCUT2D eigenvalue weighted by Crippen LogP contribution is -2.37. The van der Waals surface area contributed by atoms with Crippen LogP contribution in [-0.4, -0.2) is 49.0 Å². The number of piperidine rings is 1. The van der Waals surface area contributed by atoms with Crippen LogP contribution in [0.1, 0.15) is 12.8 Å². The highest BCUT2D eigenvalue weighted by Crippen LogP contribution is 2.16. The van der Waals surface area contributed by atoms with E-state index in [0.29, 0.717) is 11.6 Å². The van der Waals surface area contributed by atoms with Crippen LogP contribution >= 0.6 is 23.2 Å². The Morgan fingerprint density at radius 1 is 1.47 bits per heavy atom. The average molecular weight is 254 g/mol. The monoisotopic (exact) mass is 253 g/mol. The zero-order valence-corrected chi connectivity index (χ0v) is 10.2. The van der Waals surface area contributed by atoms with E-state index in [1.807, 2.05) is 0 Å². The fraction of sp³-hybridized carbons (Fsp3) is 0.800. The minimum Gasteiger partial charge on any atom is -0.394 e. The molecular formula is C10H17Cl2NO2. The molecule has 3 nitrogen and oxygen atoms in total. The molecule has 1 rings (SSSR count). The van der Waals surface area contributed by atoms with Crippen LogP contribution in [0.25, 0.3) is 0 Å². The molecule has 5 heteroatoms. The van der Waals surface area contributed by atoms with Gasteiger partial charge in [0.2, 0.25) is 0 Å². The third-order valence-electron chi connectivity index (χ3n) is 2.47. The van der Waals surface area contributed by atoms with E-state index in [4.69, 9.17) is 33.0 Å². The molecule has 0 atom stereocenters. The van der Waals surface area contributed by atoms with Gasteiger partial charge in [-0.05, 0) is 12.8 Å². The van der Waals surface area contributed by atoms with E-state index in [1.165, 1.54) is 5.54 Å². The van der Waals surface area contributed by atoms with Crippen LogP contribution in [0, 0.1) is 0 Å². The summed E-state index contributed by atoms with van der Waals surface area (Å²) in [5.41, 5.74) is 1.41. The highest BCUT2D eigenvalue weighted by molar-refractivity contribution is 6.36. The Labute approximate surface area is 101 Å². The van der Waals surface area contributed by atoms with Crippen LogP contribution in [0.5, 0.6) is 0 Å². The van der Waals surface area contributed by atoms with Gasteiger partial charge in [-0.3, -0.25) is 4.90 Å². The van der Waals surface area contributed by atoms with Gasteiger partial charge in [0.05, 0.1) is 19.3 Å². The van der Waals surface area contributed by atoms with E-state index in [2.05, 4.69) is 4.90 Å². The first-order chi connectivity index (χ1) is 7.26. The lowest BCUT2D eigenvalue weighted by molar-refractivity contribution is -0.00604. The Hall–Kier alpha value is 0.200. The third-order valence-corrected chi connectivity index (χ3v) is 3.08. The number of hydrogen-bond acceptors (Lipinski definition) is 3. The average Bonchev–Trinajstić information content (AvgIpc) is 2.28. The van der Waals surface area contributed by atoms with Crippen LogP contribution < -0.4 is 0 Å². The smallest absolute Gasteiger partial charge is 0.0701 e. The van der Waals surface area contributed by atoms with E-state index < -0.39 is 0 Å². The Balaban J connectivity index is 2.18. The molecule has 88 valence electrons. The summed E-state index contributed by atoms with van der Waals surface area (Å²) in [4.78, 5) is 2.25. The summed E-state index contributed by atoms with van der Waals surface area (Å²) in [6.45, 7) is 3.19. The number of rotatable bonds is 5. The van der Waals surface area contributed by atoms with Crippen molar-refractivity contribution in [3.8, 4) is 0 Å². The first-order valence-electron chi connectivity index (χ1n) is 5.16. The van der Waals surface area contributed by atoms with Gasteiger partial charge in [-0.1, -0.05) is 23.2 Å². The molecule has 0 bridgehead atoms. The van der Waals surface area contributed by atoms with Gasteiger partial charge >= 0.3 is 0 Å². The zero-order chi connectivity index (χ0) is 11.1. The van der Waals surface area contributed by atoms with Gasteiger partial charge in [0.25, 0.3) is 0 Å². The van der Waals surface area contributed by atoms with E-state index >= 15 is 0 Å². The van der Waals surface area contributed by atoms with Crippen molar-refractivity contribution in [3.05, 3.63) is 10.6 Å². The largest absolute Gasteiger partial charge is 0.394 e. The van der Waals surface area contributed by atoms with E-state index in [-0.39, 0.29) is 12.7 Å². The highest BCUT2D eigenvalue weighted by Gasteiger charge is 2.19. The van der Waals surface area contributed by atoms with Crippen molar-refractivity contribution in [1.29, 1.82) is 0 Å². The van der Waals surface area contributed by atoms with Crippen LogP contribution in [0.2, 0.25) is 0 Å². The molecule has 0 unspecified atom stereocenters. The van der Waals surface area contributed by atoms with E-state index in [0.717, 1.165) is 32.5 Å². The SMILES string of the molecule is OCCOC1CCN(CC(Cl)=CCl)CC1. The molecule has 0 saturated carbocycles. The fourth-order valence-corrected chi connectivity index (χ4v) is 1.94. The molecule has 15 heavy (non-hydrogen) atoms. The lowest BCUT2D eigenvalue weighted by atomic mass is 10.1. The van der Waals surface area contributed by atoms with Crippen molar-refractivity contribution in [2.45, 2.75) is 18.9 Å². The maximum Gasteiger partial charge on any atom is 0.0701 e. The van der Waals surface area contributed by atoms with Gasteiger partial charge in [-0.15, -0.1) is 0 Å². The van der Waals surface area contributed by atoms with Crippen molar-refractivity contribution >= 4 is 23.2 Å². The second-order valence-electron chi connectivity index (χ2n) is 3.63. The van der Waals surface area contributed by atoms with Gasteiger partial charge in [-0.25, -0.2) is 0 Å². The molecule has 1 aliphatic heterocycles. The van der Waals surface area contributed by atoms with Crippen molar-refractivity contribution in [2.75, 3.05) is 32.8 Å². The minimum atomic E-state index is 0.0982. The third kappa shape index (κ3) is 5.18. The van der Waals surface area contributed by atoms with Crippen LogP contribution in [0.4, 0.5) is 0 Å². The quantitative estimate of drug-likeness (QED) is 0.811. The summed E-state index contributed by atoms with van der Waals surface area (Å²) < 4.78 is 5.46. The summed E-state index contributed by atoms with van der Waals surface area (Å²) in [7, 11) is 0. The van der Waals surface area contributed by atoms with Crippen LogP contribution in [0.15, 0.2) is 10.6 Å². The molecule has 0 spiro atoms. The summed E-state index contributed by atoms with van der Waals surface area (Å²) in [6, 6.07) is 0. The Bertz CT molecular complexity index is 204. The Morgan fingerprint density at radius 2 is 2.13 bits per heavy atom. The number of halogens is 2. The highest BCUT2D eigenvalue weighted by atomic mass is 35.5. The number of aliphatic hydroxyl groups excluding tert-OH is 1. The number of aliphatic hydroxyl groups is 1. The number of ether oxygens (including phenoxy) is 1. The molecular weight excluding hydrogens is 237 g/mol. The second-order valence-corrected chi connectivity index (χ2v) is 4.33. The molecule has 1 N–H and O–H groups in total. The Kier molecular flexibility index (Phi) is 6.61. The molecule has 1 fully saturated rings. The molecule has 1 saturated heterocycles. The van der Waals surface area contributed by atoms with Gasteiger partial charge < -0.3 is 9.84 Å². The standard InChI is InChI=1S/C10H17Cl2NO2/c11-7-9(12)8-13-3-1-10(2-4-13)15-6-5-14/h7,10,14H,1-6,8H2. The van der Waals surface area contributed by atoms with Crippen molar-refractivity contribution in [1.82, 2.24) is 4.90 Å². The molecule has 0 aromatic rings. The second kappa shape index (κ2) is 7.47. The van der Waals surface area contributed by atoms with Crippen molar-refractivity contribution in [2.24, 2.45) is 0 Å². The number of nitrogens with zero attached hydrogens (tertiary/aromatic N) is 1. The lowest BCUT2D eigenvalue weighted by Gasteiger charge is -2.31. The maximum atomic E-state index is 8.62. The molecule has 1 heterocycles. The van der Waals surface area contributed by atoms with Crippen LogP contribution in [-0.2, 0) is 4.74 Å². The zero-order valence-electron chi connectivity index (χ0n) is 8.66. The van der Waals surface area contributed by atoms with Gasteiger partial charge in [0.15, 0.2) is 0 Å². The number of likely N-dealkylation sites (tertiary alicyclic amines) is 1. The first kappa shape index (κ1) is 13.3. The molecule has 0 amide bonds. The minimum absolute atomic E-state index is 0.0982. The molecule has 0 aromatic carbocycles. The molecule has 0 aromatic heterocycles. The van der Waals surface area contributed by atoms with Gasteiger partial charge in [0.1, 0.15) is 0 Å². The molecule has 1 aliphatic rings. The van der Waals surface area contributed by atoms with E-state index in [9.17, 15) is 0 Å². The van der Waals surface area contributed by atoms with Gasteiger partial charge in [-0.2, -0.15) is 0 Å². The summed E-state index contributed by atoms with van der Waals surface area (Å²) in [5.74, 6) is 0. The predicted octanol–water partition coefficient (Wildman–Crippen LogP) is 1.78. The predicted molar refractivity (Wildman–Crippen MR) is 62.3 cm³/mol. The molecule has 0 aliphatic carbocycles. The summed E-state index contributed by atoms with van der Waals surface area (Å²) in [6.07, 6.45) is 2.27. The Morgan fingerprint density at radius 3 is 2.67 bits per heavy atom. The topological polar surface area (TPSA) is 32.7 Å². The molecule has 0 radical (unpaired) electrons.